The Morgan fingerprint density at radius 2 is 0.892 bits per heavy atom. The van der Waals surface area contributed by atoms with E-state index >= 15 is 0 Å². The molecule has 2 aliphatic heterocycles. The Balaban J connectivity index is 0.000000159. The molecule has 4 aromatic carbocycles. The van der Waals surface area contributed by atoms with Crippen LogP contribution in [0.2, 0.25) is 0 Å². The van der Waals surface area contributed by atoms with Gasteiger partial charge in [-0.2, -0.15) is 0 Å². The molecule has 0 radical (unpaired) electrons. The summed E-state index contributed by atoms with van der Waals surface area (Å²) in [5.41, 5.74) is 13.7. The van der Waals surface area contributed by atoms with Crippen molar-refractivity contribution in [2.24, 2.45) is 11.8 Å². The number of ether oxygens (including phenoxy) is 2. The number of rotatable bonds is 10. The topological polar surface area (TPSA) is 121 Å². The normalized spacial score (nSPS) is 16.0. The molecule has 0 aliphatic carbocycles. The number of aryl methyl sites for hydroxylation is 2. The summed E-state index contributed by atoms with van der Waals surface area (Å²) >= 11 is 0. The Labute approximate surface area is 429 Å². The highest BCUT2D eigenvalue weighted by Gasteiger charge is 2.33. The third kappa shape index (κ3) is 9.33. The molecule has 12 heteroatoms. The predicted octanol–water partition coefficient (Wildman–Crippen LogP) is 14.3. The van der Waals surface area contributed by atoms with E-state index in [1.54, 1.807) is 52.7 Å². The zero-order chi connectivity index (χ0) is 51.5. The second-order valence-electron chi connectivity index (χ2n) is 21.3. The van der Waals surface area contributed by atoms with Crippen molar-refractivity contribution >= 4 is 43.9 Å². The second-order valence-corrected chi connectivity index (χ2v) is 21.3. The molecular formula is C62H62F2N4O6. The Kier molecular flexibility index (Phi) is 13.1. The third-order valence-corrected chi connectivity index (χ3v) is 15.4. The molecule has 2 atom stereocenters. The fourth-order valence-electron chi connectivity index (χ4n) is 11.4. The molecule has 6 aromatic heterocycles. The number of aromatic nitrogens is 4. The molecule has 74 heavy (non-hydrogen) atoms. The van der Waals surface area contributed by atoms with Crippen LogP contribution in [-0.4, -0.2) is 55.7 Å². The summed E-state index contributed by atoms with van der Waals surface area (Å²) < 4.78 is 55.1. The van der Waals surface area contributed by atoms with E-state index in [4.69, 9.17) is 28.3 Å². The van der Waals surface area contributed by atoms with Gasteiger partial charge in [-0.15, -0.1) is 0 Å². The van der Waals surface area contributed by atoms with Gasteiger partial charge < -0.3 is 37.7 Å². The van der Waals surface area contributed by atoms with Crippen LogP contribution in [0.5, 0.6) is 0 Å². The van der Waals surface area contributed by atoms with Crippen molar-refractivity contribution in [3.8, 4) is 22.3 Å². The summed E-state index contributed by atoms with van der Waals surface area (Å²) in [5.74, 6) is 0.0899. The average molecular weight is 997 g/mol. The predicted molar refractivity (Wildman–Crippen MR) is 286 cm³/mol. The number of nitrogens with zero attached hydrogens (tertiary/aromatic N) is 4. The largest absolute Gasteiger partial charge is 0.472 e. The van der Waals surface area contributed by atoms with Crippen molar-refractivity contribution < 1.29 is 37.3 Å². The molecule has 2 unspecified atom stereocenters. The first-order valence-electron chi connectivity index (χ1n) is 25.7. The maximum atomic E-state index is 14.0. The summed E-state index contributed by atoms with van der Waals surface area (Å²) in [5, 5.41) is 23.8. The lowest BCUT2D eigenvalue weighted by molar-refractivity contribution is 0.0551. The van der Waals surface area contributed by atoms with Gasteiger partial charge in [0.1, 0.15) is 11.6 Å². The molecule has 2 N–H and O–H groups in total. The minimum Gasteiger partial charge on any atom is -0.472 e. The van der Waals surface area contributed by atoms with Gasteiger partial charge in [-0.3, -0.25) is 9.97 Å². The van der Waals surface area contributed by atoms with Crippen LogP contribution in [0, 0.1) is 37.3 Å². The number of benzene rings is 4. The minimum absolute atomic E-state index is 0.0518. The van der Waals surface area contributed by atoms with Crippen LogP contribution in [-0.2, 0) is 20.7 Å². The van der Waals surface area contributed by atoms with Gasteiger partial charge in [-0.05, 0) is 161 Å². The third-order valence-electron chi connectivity index (χ3n) is 15.4. The van der Waals surface area contributed by atoms with Crippen LogP contribution in [0.25, 0.3) is 66.1 Å². The second kappa shape index (κ2) is 19.7. The first kappa shape index (κ1) is 49.3. The number of hydrogen-bond donors (Lipinski definition) is 2. The summed E-state index contributed by atoms with van der Waals surface area (Å²) in [6.45, 7) is 14.1. The highest BCUT2D eigenvalue weighted by molar-refractivity contribution is 6.08. The monoisotopic (exact) mass is 996 g/mol. The molecule has 10 nitrogen and oxygen atoms in total. The zero-order valence-electron chi connectivity index (χ0n) is 42.7. The lowest BCUT2D eigenvalue weighted by Crippen LogP contribution is -2.27. The van der Waals surface area contributed by atoms with E-state index in [9.17, 15) is 19.0 Å². The average Bonchev–Trinajstić information content (AvgIpc) is 4.18. The first-order valence-corrected chi connectivity index (χ1v) is 25.7. The molecule has 0 bridgehead atoms. The van der Waals surface area contributed by atoms with Crippen LogP contribution in [0.4, 0.5) is 8.78 Å². The molecule has 0 spiro atoms. The zero-order valence-corrected chi connectivity index (χ0v) is 42.7. The number of furan rings is 2. The van der Waals surface area contributed by atoms with Crippen LogP contribution >= 0.6 is 0 Å². The van der Waals surface area contributed by atoms with Crippen LogP contribution in [0.1, 0.15) is 98.8 Å². The number of fused-ring (bicyclic) bond motifs is 6. The lowest BCUT2D eigenvalue weighted by atomic mass is 9.86. The van der Waals surface area contributed by atoms with Crippen LogP contribution in [0.3, 0.4) is 0 Å². The molecular weight excluding hydrogens is 935 g/mol. The van der Waals surface area contributed by atoms with E-state index in [0.29, 0.717) is 38.3 Å². The van der Waals surface area contributed by atoms with Gasteiger partial charge >= 0.3 is 0 Å². The van der Waals surface area contributed by atoms with Gasteiger partial charge in [0.05, 0.1) is 81.4 Å². The van der Waals surface area contributed by atoms with Crippen molar-refractivity contribution in [2.75, 3.05) is 26.4 Å². The Morgan fingerprint density at radius 3 is 1.23 bits per heavy atom. The molecule has 10 aromatic rings. The molecule has 0 amide bonds. The molecule has 0 saturated carbocycles. The Hall–Kier alpha value is -6.96. The Morgan fingerprint density at radius 1 is 0.514 bits per heavy atom. The van der Waals surface area contributed by atoms with E-state index in [1.807, 2.05) is 62.6 Å². The standard InChI is InChI=1S/2C31H31FN2O3/c2*1-19-17-37-18-26(19)22-14-28-29(33-16-22)25-9-6-23(31(2,3)35)15-27(25)34(28)30(21-10-12-36-13-11-21)20-4-7-24(32)8-5-20/h2*4-9,14-18,21,30,35H,10-13H2,1-3H3. The lowest BCUT2D eigenvalue weighted by Gasteiger charge is -2.33. The van der Waals surface area contributed by atoms with Crippen LogP contribution < -0.4 is 0 Å². The van der Waals surface area contributed by atoms with Gasteiger partial charge in [0.2, 0.25) is 0 Å². The van der Waals surface area contributed by atoms with Gasteiger partial charge in [0.25, 0.3) is 0 Å². The highest BCUT2D eigenvalue weighted by atomic mass is 19.1. The van der Waals surface area contributed by atoms with E-state index in [1.165, 1.54) is 24.3 Å². The first-order chi connectivity index (χ1) is 35.6. The SMILES string of the molecule is Cc1cocc1-c1cnc2c3ccc(C(C)(C)O)cc3n(C(c3ccc(F)cc3)C3CCOCC3)c2c1.Cc1cocc1-c1cnc2c3ccc(C(C)(C)O)cc3n(C(c3ccc(F)cc3)C3CCOCC3)c2c1. The molecule has 380 valence electrons. The van der Waals surface area contributed by atoms with E-state index < -0.39 is 11.2 Å². The molecule has 2 saturated heterocycles. The molecule has 2 aliphatic rings. The van der Waals surface area contributed by atoms with Crippen molar-refractivity contribution in [2.45, 2.75) is 90.5 Å². The molecule has 8 heterocycles. The summed E-state index contributed by atoms with van der Waals surface area (Å²) in [6, 6.07) is 30.2. The molecule has 12 rings (SSSR count). The Bertz CT molecular complexity index is 3380. The molecule has 2 fully saturated rings. The van der Waals surface area contributed by atoms with Crippen LogP contribution in [0.15, 0.2) is 143 Å². The summed E-state index contributed by atoms with van der Waals surface area (Å²) in [4.78, 5) is 9.89. The fraction of sp³-hybridized carbons (Fsp3) is 0.323. The number of halogens is 2. The van der Waals surface area contributed by atoms with Crippen molar-refractivity contribution in [3.63, 3.8) is 0 Å². The number of hydrogen-bond acceptors (Lipinski definition) is 8. The number of pyridine rings is 2. The van der Waals surface area contributed by atoms with Crippen molar-refractivity contribution in [1.82, 2.24) is 19.1 Å². The van der Waals surface area contributed by atoms with E-state index in [0.717, 1.165) is 125 Å². The maximum absolute atomic E-state index is 14.0. The summed E-state index contributed by atoms with van der Waals surface area (Å²) in [7, 11) is 0. The van der Waals surface area contributed by atoms with Crippen molar-refractivity contribution in [1.29, 1.82) is 0 Å². The smallest absolute Gasteiger partial charge is 0.123 e. The summed E-state index contributed by atoms with van der Waals surface area (Å²) in [6.07, 6.45) is 14.4. The van der Waals surface area contributed by atoms with Gasteiger partial charge in [-0.1, -0.05) is 48.5 Å². The van der Waals surface area contributed by atoms with Gasteiger partial charge in [0, 0.05) is 71.8 Å². The highest BCUT2D eigenvalue weighted by Crippen LogP contribution is 2.45. The fourth-order valence-corrected chi connectivity index (χ4v) is 11.4. The van der Waals surface area contributed by atoms with E-state index in [-0.39, 0.29) is 23.7 Å². The van der Waals surface area contributed by atoms with Crippen molar-refractivity contribution in [3.05, 3.63) is 180 Å². The van der Waals surface area contributed by atoms with Gasteiger partial charge in [0.15, 0.2) is 0 Å². The van der Waals surface area contributed by atoms with Gasteiger partial charge in [-0.25, -0.2) is 8.78 Å². The number of aliphatic hydroxyl groups is 2. The quantitative estimate of drug-likeness (QED) is 0.139. The minimum atomic E-state index is -0.994. The maximum Gasteiger partial charge on any atom is 0.123 e. The van der Waals surface area contributed by atoms with E-state index in [2.05, 4.69) is 45.5 Å².